The van der Waals surface area contributed by atoms with Crippen molar-refractivity contribution in [1.82, 2.24) is 10.6 Å². The highest BCUT2D eigenvalue weighted by Crippen LogP contribution is 2.26. The van der Waals surface area contributed by atoms with Crippen molar-refractivity contribution in [2.24, 2.45) is 4.99 Å². The molecule has 2 aromatic carbocycles. The molecule has 2 aromatic rings. The van der Waals surface area contributed by atoms with Crippen molar-refractivity contribution in [3.05, 3.63) is 59.2 Å². The lowest BCUT2D eigenvalue weighted by atomic mass is 10.0. The van der Waals surface area contributed by atoms with E-state index in [2.05, 4.69) is 35.5 Å². The highest BCUT2D eigenvalue weighted by molar-refractivity contribution is 14.0. The van der Waals surface area contributed by atoms with Crippen LogP contribution < -0.4 is 15.4 Å². The van der Waals surface area contributed by atoms with Gasteiger partial charge in [0.15, 0.2) is 5.96 Å². The Morgan fingerprint density at radius 2 is 2.00 bits per heavy atom. The van der Waals surface area contributed by atoms with Crippen LogP contribution in [-0.4, -0.2) is 24.7 Å². The second kappa shape index (κ2) is 10.9. The molecule has 0 aromatic heterocycles. The average Bonchev–Trinajstić information content (AvgIpc) is 2.60. The molecule has 0 radical (unpaired) electrons. The van der Waals surface area contributed by atoms with Crippen molar-refractivity contribution < 1.29 is 9.84 Å². The quantitative estimate of drug-likeness (QED) is 0.338. The van der Waals surface area contributed by atoms with Gasteiger partial charge in [-0.2, -0.15) is 0 Å². The second-order valence-electron chi connectivity index (χ2n) is 5.98. The van der Waals surface area contributed by atoms with Gasteiger partial charge in [0.05, 0.1) is 19.7 Å². The Balaban J connectivity index is 0.00000338. The fraction of sp³-hybridized carbons (Fsp3) is 0.350. The number of hydrogen-bond acceptors (Lipinski definition) is 3. The van der Waals surface area contributed by atoms with E-state index in [1.807, 2.05) is 31.2 Å². The molecule has 0 saturated heterocycles. The molecule has 142 valence electrons. The van der Waals surface area contributed by atoms with Crippen molar-refractivity contribution in [3.63, 3.8) is 0 Å². The first-order valence-corrected chi connectivity index (χ1v) is 8.50. The van der Waals surface area contributed by atoms with Gasteiger partial charge in [0.25, 0.3) is 0 Å². The third-order valence-corrected chi connectivity index (χ3v) is 3.88. The standard InChI is InChI=1S/C20H27N3O2.HI/c1-5-21-20(22-13-16-7-6-8-17(24)12-16)23-15(3)18-11-14(2)9-10-19(18)25-4;/h6-12,15,24H,5,13H2,1-4H3,(H2,21,22,23);1H. The molecule has 26 heavy (non-hydrogen) atoms. The van der Waals surface area contributed by atoms with E-state index in [1.54, 1.807) is 19.2 Å². The van der Waals surface area contributed by atoms with Gasteiger partial charge in [-0.15, -0.1) is 24.0 Å². The summed E-state index contributed by atoms with van der Waals surface area (Å²) in [5.41, 5.74) is 3.23. The summed E-state index contributed by atoms with van der Waals surface area (Å²) in [5.74, 6) is 1.83. The zero-order valence-corrected chi connectivity index (χ0v) is 18.1. The molecule has 0 aliphatic rings. The van der Waals surface area contributed by atoms with E-state index >= 15 is 0 Å². The topological polar surface area (TPSA) is 65.9 Å². The Bertz CT molecular complexity index is 735. The first-order valence-electron chi connectivity index (χ1n) is 8.50. The summed E-state index contributed by atoms with van der Waals surface area (Å²) in [7, 11) is 1.68. The Morgan fingerprint density at radius 3 is 2.65 bits per heavy atom. The predicted molar refractivity (Wildman–Crippen MR) is 118 cm³/mol. The van der Waals surface area contributed by atoms with Crippen LogP contribution in [0.25, 0.3) is 0 Å². The van der Waals surface area contributed by atoms with Gasteiger partial charge in [-0.3, -0.25) is 0 Å². The number of aliphatic imine (C=N–C) groups is 1. The lowest BCUT2D eigenvalue weighted by Crippen LogP contribution is -2.38. The largest absolute Gasteiger partial charge is 0.508 e. The van der Waals surface area contributed by atoms with E-state index in [-0.39, 0.29) is 35.8 Å². The highest BCUT2D eigenvalue weighted by Gasteiger charge is 2.13. The zero-order chi connectivity index (χ0) is 18.2. The number of phenols is 1. The van der Waals surface area contributed by atoms with Crippen molar-refractivity contribution in [2.45, 2.75) is 33.4 Å². The Hall–Kier alpha value is -1.96. The van der Waals surface area contributed by atoms with Crippen LogP contribution in [0.15, 0.2) is 47.5 Å². The Labute approximate surface area is 172 Å². The summed E-state index contributed by atoms with van der Waals surface area (Å²) in [6.45, 7) is 7.43. The molecule has 3 N–H and O–H groups in total. The van der Waals surface area contributed by atoms with Gasteiger partial charge in [-0.25, -0.2) is 4.99 Å². The molecule has 0 aliphatic heterocycles. The maximum Gasteiger partial charge on any atom is 0.192 e. The van der Waals surface area contributed by atoms with Crippen molar-refractivity contribution in [3.8, 4) is 11.5 Å². The van der Waals surface area contributed by atoms with Crippen LogP contribution in [0.2, 0.25) is 0 Å². The van der Waals surface area contributed by atoms with Crippen molar-refractivity contribution in [2.75, 3.05) is 13.7 Å². The first-order chi connectivity index (χ1) is 12.0. The fourth-order valence-corrected chi connectivity index (χ4v) is 2.62. The van der Waals surface area contributed by atoms with Crippen LogP contribution in [0.5, 0.6) is 11.5 Å². The number of aromatic hydroxyl groups is 1. The van der Waals surface area contributed by atoms with Crippen LogP contribution in [0.1, 0.15) is 36.6 Å². The summed E-state index contributed by atoms with van der Waals surface area (Å²) in [6.07, 6.45) is 0. The number of benzene rings is 2. The molecular weight excluding hydrogens is 441 g/mol. The zero-order valence-electron chi connectivity index (χ0n) is 15.7. The number of guanidine groups is 1. The van der Waals surface area contributed by atoms with Crippen LogP contribution in [-0.2, 0) is 6.54 Å². The number of hydrogen-bond donors (Lipinski definition) is 3. The molecule has 0 bridgehead atoms. The number of ether oxygens (including phenoxy) is 1. The highest BCUT2D eigenvalue weighted by atomic mass is 127. The van der Waals surface area contributed by atoms with Crippen LogP contribution in [0.4, 0.5) is 0 Å². The Kier molecular flexibility index (Phi) is 9.26. The van der Waals surface area contributed by atoms with Gasteiger partial charge in [0, 0.05) is 12.1 Å². The number of halogens is 1. The lowest BCUT2D eigenvalue weighted by Gasteiger charge is -2.20. The summed E-state index contributed by atoms with van der Waals surface area (Å²) in [6, 6.07) is 13.3. The molecule has 0 amide bonds. The van der Waals surface area contributed by atoms with Gasteiger partial charge >= 0.3 is 0 Å². The average molecular weight is 469 g/mol. The van der Waals surface area contributed by atoms with Gasteiger partial charge in [0.1, 0.15) is 11.5 Å². The number of phenolic OH excluding ortho intramolecular Hbond substituents is 1. The minimum atomic E-state index is 0. The SMILES string of the molecule is CCNC(=NCc1cccc(O)c1)NC(C)c1cc(C)ccc1OC.I. The molecule has 0 aliphatic carbocycles. The van der Waals surface area contributed by atoms with Gasteiger partial charge in [-0.1, -0.05) is 29.8 Å². The van der Waals surface area contributed by atoms with Gasteiger partial charge < -0.3 is 20.5 Å². The van der Waals surface area contributed by atoms with Crippen LogP contribution >= 0.6 is 24.0 Å². The molecular formula is C20H28IN3O2. The summed E-state index contributed by atoms with van der Waals surface area (Å²) >= 11 is 0. The van der Waals surface area contributed by atoms with Crippen LogP contribution in [0, 0.1) is 6.92 Å². The van der Waals surface area contributed by atoms with E-state index in [1.165, 1.54) is 5.56 Å². The smallest absolute Gasteiger partial charge is 0.192 e. The number of methoxy groups -OCH3 is 1. The van der Waals surface area contributed by atoms with Crippen molar-refractivity contribution in [1.29, 1.82) is 0 Å². The normalized spacial score (nSPS) is 12.1. The van der Waals surface area contributed by atoms with Gasteiger partial charge in [0.2, 0.25) is 0 Å². The summed E-state index contributed by atoms with van der Waals surface area (Å²) in [5, 5.41) is 16.2. The van der Waals surface area contributed by atoms with Crippen molar-refractivity contribution >= 4 is 29.9 Å². The molecule has 0 spiro atoms. The molecule has 1 atom stereocenters. The lowest BCUT2D eigenvalue weighted by molar-refractivity contribution is 0.405. The maximum atomic E-state index is 9.57. The molecule has 0 saturated carbocycles. The molecule has 0 heterocycles. The number of rotatable bonds is 6. The molecule has 2 rings (SSSR count). The number of aryl methyl sites for hydroxylation is 1. The van der Waals surface area contributed by atoms with E-state index in [9.17, 15) is 5.11 Å². The van der Waals surface area contributed by atoms with E-state index in [4.69, 9.17) is 4.74 Å². The molecule has 5 nitrogen and oxygen atoms in total. The van der Waals surface area contributed by atoms with E-state index < -0.39 is 0 Å². The molecule has 1 unspecified atom stereocenters. The third kappa shape index (κ3) is 6.40. The second-order valence-corrected chi connectivity index (χ2v) is 5.98. The summed E-state index contributed by atoms with van der Waals surface area (Å²) in [4.78, 5) is 4.61. The summed E-state index contributed by atoms with van der Waals surface area (Å²) < 4.78 is 5.48. The minimum Gasteiger partial charge on any atom is -0.508 e. The van der Waals surface area contributed by atoms with Gasteiger partial charge in [-0.05, 0) is 44.5 Å². The van der Waals surface area contributed by atoms with E-state index in [0.717, 1.165) is 29.4 Å². The molecule has 0 fully saturated rings. The minimum absolute atomic E-state index is 0. The Morgan fingerprint density at radius 1 is 1.23 bits per heavy atom. The number of nitrogens with one attached hydrogen (secondary N) is 2. The van der Waals surface area contributed by atoms with Crippen LogP contribution in [0.3, 0.4) is 0 Å². The third-order valence-electron chi connectivity index (χ3n) is 3.88. The predicted octanol–water partition coefficient (Wildman–Crippen LogP) is 4.14. The molecule has 6 heteroatoms. The number of nitrogens with zero attached hydrogens (tertiary/aromatic N) is 1. The fourth-order valence-electron chi connectivity index (χ4n) is 2.62. The monoisotopic (exact) mass is 469 g/mol. The maximum absolute atomic E-state index is 9.57. The van der Waals surface area contributed by atoms with E-state index in [0.29, 0.717) is 6.54 Å². The first kappa shape index (κ1) is 22.1.